The van der Waals surface area contributed by atoms with Crippen LogP contribution in [0.3, 0.4) is 0 Å². The molecule has 0 aromatic rings. The molecule has 1 aliphatic rings. The van der Waals surface area contributed by atoms with E-state index in [-0.39, 0.29) is 11.4 Å². The lowest BCUT2D eigenvalue weighted by molar-refractivity contribution is -0.151. The zero-order valence-electron chi connectivity index (χ0n) is 10.9. The number of piperazine rings is 1. The Labute approximate surface area is 98.3 Å². The topological polar surface area (TPSA) is 41.6 Å². The van der Waals surface area contributed by atoms with Crippen LogP contribution in [0.4, 0.5) is 0 Å². The number of esters is 1. The van der Waals surface area contributed by atoms with Gasteiger partial charge in [-0.1, -0.05) is 0 Å². The van der Waals surface area contributed by atoms with Crippen LogP contribution in [-0.4, -0.2) is 50.2 Å². The molecule has 1 heterocycles. The van der Waals surface area contributed by atoms with E-state index in [9.17, 15) is 4.79 Å². The fraction of sp³-hybridized carbons (Fsp3) is 0.917. The zero-order chi connectivity index (χ0) is 12.2. The van der Waals surface area contributed by atoms with Gasteiger partial charge in [0.2, 0.25) is 0 Å². The first-order valence-corrected chi connectivity index (χ1v) is 6.00. The normalized spacial score (nSPS) is 23.1. The van der Waals surface area contributed by atoms with E-state index >= 15 is 0 Å². The fourth-order valence-electron chi connectivity index (χ4n) is 2.03. The summed E-state index contributed by atoms with van der Waals surface area (Å²) in [6.45, 7) is 10.2. The third-order valence-electron chi connectivity index (χ3n) is 3.24. The molecule has 1 N–H and O–H groups in total. The van der Waals surface area contributed by atoms with Gasteiger partial charge in [-0.2, -0.15) is 0 Å². The Bertz CT molecular complexity index is 241. The van der Waals surface area contributed by atoms with Gasteiger partial charge < -0.3 is 15.0 Å². The maximum atomic E-state index is 11.5. The van der Waals surface area contributed by atoms with Crippen molar-refractivity contribution in [2.75, 3.05) is 33.3 Å². The van der Waals surface area contributed by atoms with Gasteiger partial charge >= 0.3 is 5.97 Å². The largest absolute Gasteiger partial charge is 0.469 e. The summed E-state index contributed by atoms with van der Waals surface area (Å²) in [5.41, 5.74) is -0.372. The Morgan fingerprint density at radius 3 is 2.81 bits per heavy atom. The number of hydrogen-bond acceptors (Lipinski definition) is 4. The minimum absolute atomic E-state index is 0.115. The van der Waals surface area contributed by atoms with E-state index in [0.29, 0.717) is 6.04 Å². The number of rotatable bonds is 4. The lowest BCUT2D eigenvalue weighted by atomic mass is 9.89. The highest BCUT2D eigenvalue weighted by Gasteiger charge is 2.29. The molecule has 16 heavy (non-hydrogen) atoms. The number of nitrogens with zero attached hydrogens (tertiary/aromatic N) is 1. The third kappa shape index (κ3) is 3.76. The molecule has 0 spiro atoms. The lowest BCUT2D eigenvalue weighted by Crippen LogP contribution is -2.50. The van der Waals surface area contributed by atoms with E-state index in [1.807, 2.05) is 13.8 Å². The average molecular weight is 228 g/mol. The molecular weight excluding hydrogens is 204 g/mol. The molecule has 1 atom stereocenters. The molecule has 1 aliphatic heterocycles. The summed E-state index contributed by atoms with van der Waals surface area (Å²) in [6.07, 6.45) is 0.854. The van der Waals surface area contributed by atoms with Crippen molar-refractivity contribution in [2.45, 2.75) is 33.2 Å². The maximum absolute atomic E-state index is 11.5. The Morgan fingerprint density at radius 2 is 2.25 bits per heavy atom. The highest BCUT2D eigenvalue weighted by Crippen LogP contribution is 2.22. The van der Waals surface area contributed by atoms with E-state index in [0.717, 1.165) is 32.6 Å². The Morgan fingerprint density at radius 1 is 1.56 bits per heavy atom. The van der Waals surface area contributed by atoms with Crippen LogP contribution in [0.25, 0.3) is 0 Å². The molecule has 4 nitrogen and oxygen atoms in total. The second kappa shape index (κ2) is 5.64. The molecule has 1 saturated heterocycles. The monoisotopic (exact) mass is 228 g/mol. The molecule has 1 fully saturated rings. The van der Waals surface area contributed by atoms with Gasteiger partial charge in [0.05, 0.1) is 12.5 Å². The minimum atomic E-state index is -0.372. The highest BCUT2D eigenvalue weighted by molar-refractivity contribution is 5.75. The first kappa shape index (κ1) is 13.5. The molecule has 0 amide bonds. The van der Waals surface area contributed by atoms with Crippen LogP contribution in [0.2, 0.25) is 0 Å². The summed E-state index contributed by atoms with van der Waals surface area (Å²) < 4.78 is 4.81. The van der Waals surface area contributed by atoms with Crippen LogP contribution in [0, 0.1) is 5.41 Å². The first-order valence-electron chi connectivity index (χ1n) is 6.00. The van der Waals surface area contributed by atoms with Crippen molar-refractivity contribution >= 4 is 5.97 Å². The van der Waals surface area contributed by atoms with Crippen molar-refractivity contribution in [2.24, 2.45) is 5.41 Å². The summed E-state index contributed by atoms with van der Waals surface area (Å²) in [5, 5.41) is 3.41. The predicted octanol–water partition coefficient (Wildman–Crippen LogP) is 0.869. The fourth-order valence-corrected chi connectivity index (χ4v) is 2.03. The van der Waals surface area contributed by atoms with E-state index in [4.69, 9.17) is 4.74 Å². The second-order valence-electron chi connectivity index (χ2n) is 5.28. The highest BCUT2D eigenvalue weighted by atomic mass is 16.5. The number of ether oxygens (including phenoxy) is 1. The van der Waals surface area contributed by atoms with Gasteiger partial charge in [-0.15, -0.1) is 0 Å². The van der Waals surface area contributed by atoms with E-state index < -0.39 is 0 Å². The Kier molecular flexibility index (Phi) is 4.74. The SMILES string of the molecule is COC(=O)C(C)(C)CCN1CCN[C@@H](C)C1. The van der Waals surface area contributed by atoms with Crippen LogP contribution in [0.1, 0.15) is 27.2 Å². The van der Waals surface area contributed by atoms with E-state index in [1.54, 1.807) is 0 Å². The number of hydrogen-bond donors (Lipinski definition) is 1. The Hall–Kier alpha value is -0.610. The number of carbonyl (C=O) groups is 1. The molecule has 1 rings (SSSR count). The van der Waals surface area contributed by atoms with Gasteiger partial charge in [0.1, 0.15) is 0 Å². The summed E-state index contributed by atoms with van der Waals surface area (Å²) in [7, 11) is 1.46. The van der Waals surface area contributed by atoms with Crippen LogP contribution in [0.15, 0.2) is 0 Å². The van der Waals surface area contributed by atoms with Crippen molar-refractivity contribution in [1.29, 1.82) is 0 Å². The number of carbonyl (C=O) groups excluding carboxylic acids is 1. The summed E-state index contributed by atoms with van der Waals surface area (Å²) in [5.74, 6) is -0.115. The summed E-state index contributed by atoms with van der Waals surface area (Å²) >= 11 is 0. The van der Waals surface area contributed by atoms with Crippen molar-refractivity contribution in [1.82, 2.24) is 10.2 Å². The van der Waals surface area contributed by atoms with Gasteiger partial charge in [0, 0.05) is 25.7 Å². The van der Waals surface area contributed by atoms with Crippen LogP contribution < -0.4 is 5.32 Å². The van der Waals surface area contributed by atoms with Crippen LogP contribution in [0.5, 0.6) is 0 Å². The second-order valence-corrected chi connectivity index (χ2v) is 5.28. The minimum Gasteiger partial charge on any atom is -0.469 e. The number of methoxy groups -OCH3 is 1. The third-order valence-corrected chi connectivity index (χ3v) is 3.24. The van der Waals surface area contributed by atoms with Crippen molar-refractivity contribution in [3.8, 4) is 0 Å². The standard InChI is InChI=1S/C12H24N2O2/c1-10-9-14(8-6-13-10)7-5-12(2,3)11(15)16-4/h10,13H,5-9H2,1-4H3/t10-/m0/s1. The molecular formula is C12H24N2O2. The van der Waals surface area contributed by atoms with Crippen LogP contribution >= 0.6 is 0 Å². The summed E-state index contributed by atoms with van der Waals surface area (Å²) in [6, 6.07) is 0.551. The smallest absolute Gasteiger partial charge is 0.311 e. The predicted molar refractivity (Wildman–Crippen MR) is 64.3 cm³/mol. The van der Waals surface area contributed by atoms with Crippen molar-refractivity contribution in [3.05, 3.63) is 0 Å². The molecule has 0 aromatic heterocycles. The molecule has 0 bridgehead atoms. The first-order chi connectivity index (χ1) is 7.45. The van der Waals surface area contributed by atoms with Gasteiger partial charge in [-0.05, 0) is 33.7 Å². The maximum Gasteiger partial charge on any atom is 0.311 e. The Balaban J connectivity index is 2.35. The molecule has 4 heteroatoms. The van der Waals surface area contributed by atoms with E-state index in [2.05, 4.69) is 17.1 Å². The van der Waals surface area contributed by atoms with Gasteiger partial charge in [0.15, 0.2) is 0 Å². The van der Waals surface area contributed by atoms with Gasteiger partial charge in [-0.25, -0.2) is 0 Å². The van der Waals surface area contributed by atoms with E-state index in [1.165, 1.54) is 7.11 Å². The average Bonchev–Trinajstić information content (AvgIpc) is 2.25. The van der Waals surface area contributed by atoms with Gasteiger partial charge in [0.25, 0.3) is 0 Å². The summed E-state index contributed by atoms with van der Waals surface area (Å²) in [4.78, 5) is 13.9. The molecule has 0 aliphatic carbocycles. The molecule has 94 valence electrons. The molecule has 0 saturated carbocycles. The number of nitrogens with one attached hydrogen (secondary N) is 1. The lowest BCUT2D eigenvalue weighted by Gasteiger charge is -2.33. The zero-order valence-corrected chi connectivity index (χ0v) is 10.9. The molecule has 0 aromatic carbocycles. The molecule has 0 unspecified atom stereocenters. The molecule has 0 radical (unpaired) electrons. The van der Waals surface area contributed by atoms with Crippen molar-refractivity contribution < 1.29 is 9.53 Å². The van der Waals surface area contributed by atoms with Crippen LogP contribution in [-0.2, 0) is 9.53 Å². The quantitative estimate of drug-likeness (QED) is 0.725. The van der Waals surface area contributed by atoms with Gasteiger partial charge in [-0.3, -0.25) is 4.79 Å². The van der Waals surface area contributed by atoms with Crippen molar-refractivity contribution in [3.63, 3.8) is 0 Å².